The number of nitrogens with one attached hydrogen (secondary N) is 1. The molecule has 1 fully saturated rings. The summed E-state index contributed by atoms with van der Waals surface area (Å²) in [6.45, 7) is 9.95. The van der Waals surface area contributed by atoms with Crippen LogP contribution >= 0.6 is 11.8 Å². The van der Waals surface area contributed by atoms with Crippen LogP contribution in [0.15, 0.2) is 0 Å². The minimum absolute atomic E-state index is 0.0117. The van der Waals surface area contributed by atoms with E-state index in [0.717, 1.165) is 19.6 Å². The van der Waals surface area contributed by atoms with Gasteiger partial charge in [-0.05, 0) is 0 Å². The quantitative estimate of drug-likeness (QED) is 0.659. The van der Waals surface area contributed by atoms with Crippen LogP contribution in [-0.2, 0) is 0 Å². The zero-order valence-electron chi connectivity index (χ0n) is 9.96. The molecule has 0 aromatic heterocycles. The Morgan fingerprint density at radius 3 is 2.60 bits per heavy atom. The largest absolute Gasteiger partial charge is 0.396 e. The Bertz CT molecular complexity index is 170. The van der Waals surface area contributed by atoms with Crippen molar-refractivity contribution in [2.24, 2.45) is 5.41 Å². The number of thioether (sulfide) groups is 1. The van der Waals surface area contributed by atoms with Crippen molar-refractivity contribution >= 4 is 11.8 Å². The van der Waals surface area contributed by atoms with E-state index in [1.54, 1.807) is 0 Å². The molecule has 1 heterocycles. The van der Waals surface area contributed by atoms with E-state index in [1.165, 1.54) is 24.6 Å². The van der Waals surface area contributed by atoms with Crippen molar-refractivity contribution in [1.82, 2.24) is 10.2 Å². The van der Waals surface area contributed by atoms with Crippen molar-refractivity contribution in [2.45, 2.75) is 13.8 Å². The number of nitrogens with zero attached hydrogens (tertiary/aromatic N) is 1. The van der Waals surface area contributed by atoms with Crippen LogP contribution in [0.1, 0.15) is 13.8 Å². The average molecular weight is 232 g/mol. The number of hydrogen-bond acceptors (Lipinski definition) is 4. The highest BCUT2D eigenvalue weighted by molar-refractivity contribution is 7.99. The molecule has 0 radical (unpaired) electrons. The van der Waals surface area contributed by atoms with Crippen LogP contribution in [0.2, 0.25) is 0 Å². The van der Waals surface area contributed by atoms with Gasteiger partial charge >= 0.3 is 0 Å². The van der Waals surface area contributed by atoms with E-state index >= 15 is 0 Å². The molecular formula is C11H24N2OS. The lowest BCUT2D eigenvalue weighted by Crippen LogP contribution is -2.40. The predicted molar refractivity (Wildman–Crippen MR) is 67.5 cm³/mol. The number of rotatable bonds is 6. The summed E-state index contributed by atoms with van der Waals surface area (Å²) in [7, 11) is 0. The Morgan fingerprint density at radius 2 is 2.00 bits per heavy atom. The number of aliphatic hydroxyl groups excluding tert-OH is 1. The first-order valence-corrected chi connectivity index (χ1v) is 6.91. The highest BCUT2D eigenvalue weighted by atomic mass is 32.2. The molecule has 0 aliphatic carbocycles. The molecule has 15 heavy (non-hydrogen) atoms. The van der Waals surface area contributed by atoms with Gasteiger partial charge in [-0.15, -0.1) is 0 Å². The SMILES string of the molecule is CC(C)(CO)CNCCN1CCSCC1. The summed E-state index contributed by atoms with van der Waals surface area (Å²) in [5.74, 6) is 2.56. The summed E-state index contributed by atoms with van der Waals surface area (Å²) >= 11 is 2.05. The zero-order chi connectivity index (χ0) is 11.1. The van der Waals surface area contributed by atoms with Gasteiger partial charge in [0, 0.05) is 56.3 Å². The molecular weight excluding hydrogens is 208 g/mol. The summed E-state index contributed by atoms with van der Waals surface area (Å²) < 4.78 is 0. The Labute approximate surface area is 97.6 Å². The molecule has 2 N–H and O–H groups in total. The predicted octanol–water partition coefficient (Wildman–Crippen LogP) is 0.643. The lowest BCUT2D eigenvalue weighted by Gasteiger charge is -2.27. The maximum atomic E-state index is 9.09. The second kappa shape index (κ2) is 6.74. The Hall–Kier alpha value is 0.230. The van der Waals surface area contributed by atoms with Crippen molar-refractivity contribution in [3.05, 3.63) is 0 Å². The van der Waals surface area contributed by atoms with Gasteiger partial charge in [-0.2, -0.15) is 11.8 Å². The second-order valence-electron chi connectivity index (χ2n) is 4.95. The molecule has 0 atom stereocenters. The molecule has 4 heteroatoms. The minimum atomic E-state index is 0.0117. The van der Waals surface area contributed by atoms with Gasteiger partial charge in [0.05, 0.1) is 0 Å². The van der Waals surface area contributed by atoms with E-state index in [4.69, 9.17) is 5.11 Å². The highest BCUT2D eigenvalue weighted by Gasteiger charge is 2.15. The molecule has 1 saturated heterocycles. The summed E-state index contributed by atoms with van der Waals surface area (Å²) in [6.07, 6.45) is 0. The third kappa shape index (κ3) is 5.76. The van der Waals surface area contributed by atoms with E-state index in [1.807, 2.05) is 0 Å². The lowest BCUT2D eigenvalue weighted by atomic mass is 9.95. The fraction of sp³-hybridized carbons (Fsp3) is 1.00. The van der Waals surface area contributed by atoms with Crippen LogP contribution in [0.4, 0.5) is 0 Å². The fourth-order valence-corrected chi connectivity index (χ4v) is 2.52. The van der Waals surface area contributed by atoms with Crippen molar-refractivity contribution in [2.75, 3.05) is 50.8 Å². The molecule has 1 rings (SSSR count). The molecule has 3 nitrogen and oxygen atoms in total. The molecule has 1 aliphatic heterocycles. The van der Waals surface area contributed by atoms with Gasteiger partial charge in [0.15, 0.2) is 0 Å². The summed E-state index contributed by atoms with van der Waals surface area (Å²) in [4.78, 5) is 2.51. The Morgan fingerprint density at radius 1 is 1.33 bits per heavy atom. The molecule has 0 bridgehead atoms. The molecule has 0 unspecified atom stereocenters. The van der Waals surface area contributed by atoms with Crippen LogP contribution in [0.3, 0.4) is 0 Å². The molecule has 0 spiro atoms. The molecule has 0 saturated carbocycles. The minimum Gasteiger partial charge on any atom is -0.396 e. The molecule has 0 aromatic carbocycles. The van der Waals surface area contributed by atoms with E-state index in [0.29, 0.717) is 0 Å². The van der Waals surface area contributed by atoms with E-state index in [-0.39, 0.29) is 12.0 Å². The van der Waals surface area contributed by atoms with Crippen molar-refractivity contribution in [3.8, 4) is 0 Å². The van der Waals surface area contributed by atoms with Gasteiger partial charge in [-0.1, -0.05) is 13.8 Å². The molecule has 0 aromatic rings. The van der Waals surface area contributed by atoms with Crippen LogP contribution in [-0.4, -0.2) is 60.8 Å². The monoisotopic (exact) mass is 232 g/mol. The third-order valence-corrected chi connectivity index (χ3v) is 3.68. The molecule has 1 aliphatic rings. The van der Waals surface area contributed by atoms with Gasteiger partial charge in [-0.25, -0.2) is 0 Å². The third-order valence-electron chi connectivity index (χ3n) is 2.74. The van der Waals surface area contributed by atoms with Gasteiger partial charge in [0.1, 0.15) is 0 Å². The second-order valence-corrected chi connectivity index (χ2v) is 6.18. The summed E-state index contributed by atoms with van der Waals surface area (Å²) in [5.41, 5.74) is 0.0117. The van der Waals surface area contributed by atoms with Gasteiger partial charge < -0.3 is 15.3 Å². The summed E-state index contributed by atoms with van der Waals surface area (Å²) in [5, 5.41) is 12.5. The zero-order valence-corrected chi connectivity index (χ0v) is 10.8. The maximum Gasteiger partial charge on any atom is 0.0494 e. The van der Waals surface area contributed by atoms with Crippen LogP contribution < -0.4 is 5.32 Å². The average Bonchev–Trinajstić information content (AvgIpc) is 2.26. The lowest BCUT2D eigenvalue weighted by molar-refractivity contribution is 0.155. The fourth-order valence-electron chi connectivity index (χ4n) is 1.54. The molecule has 90 valence electrons. The first-order valence-electron chi connectivity index (χ1n) is 5.76. The highest BCUT2D eigenvalue weighted by Crippen LogP contribution is 2.11. The normalized spacial score (nSPS) is 19.4. The van der Waals surface area contributed by atoms with Crippen LogP contribution in [0.5, 0.6) is 0 Å². The standard InChI is InChI=1S/C11H24N2OS/c1-11(2,10-14)9-12-3-4-13-5-7-15-8-6-13/h12,14H,3-10H2,1-2H3. The number of aliphatic hydroxyl groups is 1. The van der Waals surface area contributed by atoms with Gasteiger partial charge in [-0.3, -0.25) is 0 Å². The topological polar surface area (TPSA) is 35.5 Å². The number of hydrogen-bond donors (Lipinski definition) is 2. The first kappa shape index (κ1) is 13.3. The van der Waals surface area contributed by atoms with Crippen LogP contribution in [0.25, 0.3) is 0 Å². The van der Waals surface area contributed by atoms with Gasteiger partial charge in [0.2, 0.25) is 0 Å². The van der Waals surface area contributed by atoms with Crippen molar-refractivity contribution in [3.63, 3.8) is 0 Å². The van der Waals surface area contributed by atoms with E-state index in [9.17, 15) is 0 Å². The first-order chi connectivity index (χ1) is 7.14. The Kier molecular flexibility index (Phi) is 5.97. The Balaban J connectivity index is 2.00. The maximum absolute atomic E-state index is 9.09. The summed E-state index contributed by atoms with van der Waals surface area (Å²) in [6, 6.07) is 0. The van der Waals surface area contributed by atoms with Gasteiger partial charge in [0.25, 0.3) is 0 Å². The smallest absolute Gasteiger partial charge is 0.0494 e. The van der Waals surface area contributed by atoms with E-state index in [2.05, 4.69) is 35.8 Å². The van der Waals surface area contributed by atoms with E-state index < -0.39 is 0 Å². The van der Waals surface area contributed by atoms with Crippen LogP contribution in [0, 0.1) is 5.41 Å². The molecule has 0 amide bonds. The van der Waals surface area contributed by atoms with Crippen molar-refractivity contribution in [1.29, 1.82) is 0 Å². The van der Waals surface area contributed by atoms with Crippen molar-refractivity contribution < 1.29 is 5.11 Å².